The molecule has 0 fully saturated rings. The Kier molecular flexibility index (Phi) is 12.8. The number of carbonyl (C=O) groups is 4. The van der Waals surface area contributed by atoms with Crippen molar-refractivity contribution in [2.24, 2.45) is 5.92 Å². The van der Waals surface area contributed by atoms with Crippen LogP contribution < -0.4 is 10.6 Å². The third-order valence-electron chi connectivity index (χ3n) is 6.29. The molecule has 2 aromatic rings. The van der Waals surface area contributed by atoms with Gasteiger partial charge in [-0.15, -0.1) is 0 Å². The number of rotatable bonds is 12. The molecule has 4 N–H and O–H groups in total. The van der Waals surface area contributed by atoms with Gasteiger partial charge in [0.25, 0.3) is 0 Å². The molecule has 11 nitrogen and oxygen atoms in total. The molecule has 0 bridgehead atoms. The van der Waals surface area contributed by atoms with Crippen molar-refractivity contribution in [1.82, 2.24) is 15.5 Å². The smallest absolute Gasteiger partial charge is 0.408 e. The van der Waals surface area contributed by atoms with Crippen LogP contribution in [-0.4, -0.2) is 75.4 Å². The molecule has 11 heteroatoms. The van der Waals surface area contributed by atoms with Gasteiger partial charge >= 0.3 is 12.1 Å². The number of nitrogens with one attached hydrogen (secondary N) is 2. The van der Waals surface area contributed by atoms with E-state index in [1.807, 2.05) is 30.3 Å². The average Bonchev–Trinajstić information content (AvgIpc) is 2.90. The molecule has 3 unspecified atom stereocenters. The van der Waals surface area contributed by atoms with Crippen molar-refractivity contribution < 1.29 is 38.9 Å². The second-order valence-electron chi connectivity index (χ2n) is 12.9. The van der Waals surface area contributed by atoms with Crippen molar-refractivity contribution in [3.05, 3.63) is 65.7 Å². The number of phenolic OH excluding ortho intramolecular Hbond substituents is 1. The van der Waals surface area contributed by atoms with E-state index in [0.29, 0.717) is 5.56 Å². The number of carbonyl (C=O) groups excluding carboxylic acids is 4. The molecule has 0 aromatic heterocycles. The summed E-state index contributed by atoms with van der Waals surface area (Å²) in [7, 11) is 0. The van der Waals surface area contributed by atoms with Gasteiger partial charge in [-0.2, -0.15) is 0 Å². The lowest BCUT2D eigenvalue weighted by Gasteiger charge is -2.36. The Morgan fingerprint density at radius 2 is 1.41 bits per heavy atom. The average molecular weight is 614 g/mol. The van der Waals surface area contributed by atoms with Gasteiger partial charge in [-0.3, -0.25) is 9.59 Å². The van der Waals surface area contributed by atoms with Gasteiger partial charge in [0.1, 0.15) is 35.1 Å². The Morgan fingerprint density at radius 3 is 1.91 bits per heavy atom. The van der Waals surface area contributed by atoms with E-state index >= 15 is 0 Å². The summed E-state index contributed by atoms with van der Waals surface area (Å²) in [6.07, 6.45) is -0.695. The van der Waals surface area contributed by atoms with E-state index in [1.54, 1.807) is 55.4 Å². The molecule has 0 aliphatic heterocycles. The van der Waals surface area contributed by atoms with E-state index in [9.17, 15) is 29.4 Å². The van der Waals surface area contributed by atoms with Crippen LogP contribution in [0, 0.1) is 5.92 Å². The highest BCUT2D eigenvalue weighted by atomic mass is 16.6. The maximum absolute atomic E-state index is 14.2. The fourth-order valence-corrected chi connectivity index (χ4v) is 4.40. The number of aliphatic hydroxyl groups is 1. The molecular weight excluding hydrogens is 566 g/mol. The number of nitrogens with zero attached hydrogens (tertiary/aromatic N) is 1. The quantitative estimate of drug-likeness (QED) is 0.263. The van der Waals surface area contributed by atoms with E-state index in [0.717, 1.165) is 10.5 Å². The highest BCUT2D eigenvalue weighted by Gasteiger charge is 2.39. The standard InChI is InChI=1S/C33H47N3O8/c1-21(2)26(35-31(42)44-33(6,7)8)29(40)36(18-19-37)27(23-14-16-24(38)17-15-23)28(39)34-25(30(41)43-32(3,4)5)20-22-12-10-9-11-13-22/h9-17,21,25-27,37-38H,18-20H2,1-8H3,(H,34,39)(H,35,42). The molecule has 3 atom stereocenters. The zero-order valence-electron chi connectivity index (χ0n) is 26.9. The SMILES string of the molecule is CC(C)C(NC(=O)OC(C)(C)C)C(=O)N(CCO)C(C(=O)NC(Cc1ccccc1)C(=O)OC(C)(C)C)c1ccc(O)cc1. The Bertz CT molecular complexity index is 1250. The topological polar surface area (TPSA) is 154 Å². The Hall–Kier alpha value is -4.12. The predicted octanol–water partition coefficient (Wildman–Crippen LogP) is 3.87. The molecule has 0 saturated heterocycles. The van der Waals surface area contributed by atoms with E-state index in [4.69, 9.17) is 9.47 Å². The molecule has 2 aromatic carbocycles. The largest absolute Gasteiger partial charge is 0.508 e. The van der Waals surface area contributed by atoms with Crippen molar-refractivity contribution in [1.29, 1.82) is 0 Å². The minimum Gasteiger partial charge on any atom is -0.508 e. The minimum atomic E-state index is -1.35. The predicted molar refractivity (Wildman–Crippen MR) is 166 cm³/mol. The number of hydrogen-bond acceptors (Lipinski definition) is 8. The van der Waals surface area contributed by atoms with E-state index in [2.05, 4.69) is 10.6 Å². The number of esters is 1. The third kappa shape index (κ3) is 11.5. The Morgan fingerprint density at radius 1 is 0.841 bits per heavy atom. The summed E-state index contributed by atoms with van der Waals surface area (Å²) in [5, 5.41) is 25.3. The highest BCUT2D eigenvalue weighted by Crippen LogP contribution is 2.26. The van der Waals surface area contributed by atoms with Gasteiger partial charge in [0.05, 0.1) is 6.61 Å². The molecular formula is C33H47N3O8. The molecule has 2 rings (SSSR count). The summed E-state index contributed by atoms with van der Waals surface area (Å²) in [5.74, 6) is -2.51. The third-order valence-corrected chi connectivity index (χ3v) is 6.29. The first-order valence-electron chi connectivity index (χ1n) is 14.7. The number of hydrogen-bond donors (Lipinski definition) is 4. The fraction of sp³-hybridized carbons (Fsp3) is 0.515. The number of benzene rings is 2. The van der Waals surface area contributed by atoms with Crippen LogP contribution in [0.3, 0.4) is 0 Å². The van der Waals surface area contributed by atoms with Crippen LogP contribution in [0.1, 0.15) is 72.6 Å². The van der Waals surface area contributed by atoms with Gasteiger partial charge in [0, 0.05) is 13.0 Å². The first kappa shape index (κ1) is 36.1. The van der Waals surface area contributed by atoms with Crippen molar-refractivity contribution in [3.8, 4) is 5.75 Å². The second kappa shape index (κ2) is 15.6. The van der Waals surface area contributed by atoms with Crippen LogP contribution in [-0.2, 0) is 30.3 Å². The number of ether oxygens (including phenoxy) is 2. The number of phenols is 1. The number of alkyl carbamates (subject to hydrolysis) is 1. The zero-order chi connectivity index (χ0) is 33.2. The summed E-state index contributed by atoms with van der Waals surface area (Å²) in [6.45, 7) is 12.9. The van der Waals surface area contributed by atoms with Crippen molar-refractivity contribution in [2.75, 3.05) is 13.2 Å². The summed E-state index contributed by atoms with van der Waals surface area (Å²) in [4.78, 5) is 55.4. The van der Waals surface area contributed by atoms with Crippen molar-refractivity contribution >= 4 is 23.9 Å². The van der Waals surface area contributed by atoms with Gasteiger partial charge in [-0.25, -0.2) is 9.59 Å². The van der Waals surface area contributed by atoms with Gasteiger partial charge < -0.3 is 35.2 Å². The van der Waals surface area contributed by atoms with Gasteiger partial charge in [0.15, 0.2) is 0 Å². The summed E-state index contributed by atoms with van der Waals surface area (Å²) < 4.78 is 11.0. The van der Waals surface area contributed by atoms with Crippen LogP contribution in [0.4, 0.5) is 4.79 Å². The van der Waals surface area contributed by atoms with E-state index < -0.39 is 65.7 Å². The van der Waals surface area contributed by atoms with Crippen LogP contribution in [0.15, 0.2) is 54.6 Å². The Balaban J connectivity index is 2.55. The van der Waals surface area contributed by atoms with Crippen molar-refractivity contribution in [3.63, 3.8) is 0 Å². The second-order valence-corrected chi connectivity index (χ2v) is 12.9. The summed E-state index contributed by atoms with van der Waals surface area (Å²) in [5.41, 5.74) is -0.563. The van der Waals surface area contributed by atoms with Crippen LogP contribution in [0.5, 0.6) is 5.75 Å². The molecule has 0 aliphatic rings. The maximum atomic E-state index is 14.2. The lowest BCUT2D eigenvalue weighted by Crippen LogP contribution is -2.56. The van der Waals surface area contributed by atoms with Crippen LogP contribution >= 0.6 is 0 Å². The molecule has 0 radical (unpaired) electrons. The normalized spacial score (nSPS) is 13.8. The first-order chi connectivity index (χ1) is 20.4. The molecule has 242 valence electrons. The number of aliphatic hydroxyl groups excluding tert-OH is 1. The lowest BCUT2D eigenvalue weighted by atomic mass is 9.98. The molecule has 0 aliphatic carbocycles. The van der Waals surface area contributed by atoms with Gasteiger partial charge in [0.2, 0.25) is 11.8 Å². The van der Waals surface area contributed by atoms with Crippen LogP contribution in [0.2, 0.25) is 0 Å². The lowest BCUT2D eigenvalue weighted by molar-refractivity contribution is -0.159. The zero-order valence-corrected chi connectivity index (χ0v) is 26.9. The monoisotopic (exact) mass is 613 g/mol. The van der Waals surface area contributed by atoms with E-state index in [-0.39, 0.29) is 18.7 Å². The number of amides is 3. The number of aromatic hydroxyl groups is 1. The summed E-state index contributed by atoms with van der Waals surface area (Å²) in [6, 6.07) is 11.2. The van der Waals surface area contributed by atoms with Crippen LogP contribution in [0.25, 0.3) is 0 Å². The first-order valence-corrected chi connectivity index (χ1v) is 14.7. The van der Waals surface area contributed by atoms with Gasteiger partial charge in [-0.1, -0.05) is 56.3 Å². The molecule has 0 saturated carbocycles. The fourth-order valence-electron chi connectivity index (χ4n) is 4.40. The van der Waals surface area contributed by atoms with Gasteiger partial charge in [-0.05, 0) is 70.7 Å². The van der Waals surface area contributed by atoms with Crippen molar-refractivity contribution in [2.45, 2.75) is 91.1 Å². The minimum absolute atomic E-state index is 0.0599. The molecule has 44 heavy (non-hydrogen) atoms. The molecule has 3 amide bonds. The van der Waals surface area contributed by atoms with E-state index in [1.165, 1.54) is 24.3 Å². The highest BCUT2D eigenvalue weighted by molar-refractivity contribution is 5.94. The maximum Gasteiger partial charge on any atom is 0.408 e. The Labute approximate surface area is 259 Å². The summed E-state index contributed by atoms with van der Waals surface area (Å²) >= 11 is 0. The molecule has 0 heterocycles. The molecule has 0 spiro atoms.